The number of carbonyl (C=O) groups excluding carboxylic acids is 1. The van der Waals surface area contributed by atoms with Gasteiger partial charge in [0.25, 0.3) is 0 Å². The van der Waals surface area contributed by atoms with E-state index in [9.17, 15) is 4.79 Å². The Bertz CT molecular complexity index is 447. The summed E-state index contributed by atoms with van der Waals surface area (Å²) in [6.45, 7) is 4.97. The number of anilines is 2. The van der Waals surface area contributed by atoms with Crippen LogP contribution in [0.5, 0.6) is 0 Å². The molecule has 1 amide bonds. The minimum Gasteiger partial charge on any atom is -0.399 e. The molecule has 0 aliphatic carbocycles. The average Bonchev–Trinajstić information content (AvgIpc) is 2.63. The zero-order valence-corrected chi connectivity index (χ0v) is 12.2. The lowest BCUT2D eigenvalue weighted by Gasteiger charge is -2.24. The largest absolute Gasteiger partial charge is 0.399 e. The van der Waals surface area contributed by atoms with E-state index >= 15 is 0 Å². The van der Waals surface area contributed by atoms with Crippen molar-refractivity contribution in [2.75, 3.05) is 43.9 Å². The number of nitrogens with two attached hydrogens (primary N) is 1. The Morgan fingerprint density at radius 1 is 1.45 bits per heavy atom. The summed E-state index contributed by atoms with van der Waals surface area (Å²) in [5.74, 6) is 0.0869. The van der Waals surface area contributed by atoms with E-state index < -0.39 is 0 Å². The molecule has 1 aromatic carbocycles. The first-order chi connectivity index (χ1) is 9.56. The summed E-state index contributed by atoms with van der Waals surface area (Å²) < 4.78 is 5.59. The van der Waals surface area contributed by atoms with Crippen LogP contribution in [0.3, 0.4) is 0 Å². The Balaban J connectivity index is 1.94. The van der Waals surface area contributed by atoms with Crippen LogP contribution in [0.2, 0.25) is 0 Å². The molecule has 0 bridgehead atoms. The highest BCUT2D eigenvalue weighted by molar-refractivity contribution is 5.94. The van der Waals surface area contributed by atoms with Gasteiger partial charge >= 0.3 is 0 Å². The molecule has 0 saturated carbocycles. The number of likely N-dealkylation sites (N-methyl/N-ethyl adjacent to an activating group) is 1. The third-order valence-corrected chi connectivity index (χ3v) is 3.55. The van der Waals surface area contributed by atoms with E-state index in [4.69, 9.17) is 10.5 Å². The maximum atomic E-state index is 12.3. The van der Waals surface area contributed by atoms with Gasteiger partial charge in [-0.15, -0.1) is 0 Å². The van der Waals surface area contributed by atoms with Crippen LogP contribution < -0.4 is 10.6 Å². The van der Waals surface area contributed by atoms with Crippen LogP contribution in [0, 0.1) is 0 Å². The lowest BCUT2D eigenvalue weighted by molar-refractivity contribution is -0.119. The number of nitrogens with zero attached hydrogens (tertiary/aromatic N) is 2. The van der Waals surface area contributed by atoms with Crippen molar-refractivity contribution in [3.63, 3.8) is 0 Å². The number of hydrogen-bond donors (Lipinski definition) is 1. The molecular formula is C15H23N3O2. The molecule has 1 fully saturated rings. The summed E-state index contributed by atoms with van der Waals surface area (Å²) in [6.07, 6.45) is 1.16. The van der Waals surface area contributed by atoms with E-state index in [1.165, 1.54) is 0 Å². The van der Waals surface area contributed by atoms with Crippen molar-refractivity contribution < 1.29 is 9.53 Å². The highest BCUT2D eigenvalue weighted by Gasteiger charge is 2.19. The van der Waals surface area contributed by atoms with Crippen molar-refractivity contribution in [1.29, 1.82) is 0 Å². The van der Waals surface area contributed by atoms with E-state index in [-0.39, 0.29) is 12.0 Å². The van der Waals surface area contributed by atoms with Crippen molar-refractivity contribution in [1.82, 2.24) is 4.90 Å². The van der Waals surface area contributed by atoms with Crippen molar-refractivity contribution >= 4 is 17.3 Å². The minimum atomic E-state index is 0.0869. The van der Waals surface area contributed by atoms with Crippen molar-refractivity contribution in [3.05, 3.63) is 24.3 Å². The second-order valence-corrected chi connectivity index (χ2v) is 5.31. The van der Waals surface area contributed by atoms with Gasteiger partial charge < -0.3 is 15.4 Å². The second kappa shape index (κ2) is 6.72. The van der Waals surface area contributed by atoms with Gasteiger partial charge in [0.2, 0.25) is 5.91 Å². The van der Waals surface area contributed by atoms with Gasteiger partial charge in [0.15, 0.2) is 0 Å². The number of hydrogen-bond acceptors (Lipinski definition) is 4. The topological polar surface area (TPSA) is 58.8 Å². The first kappa shape index (κ1) is 14.8. The summed E-state index contributed by atoms with van der Waals surface area (Å²) in [7, 11) is 1.80. The van der Waals surface area contributed by atoms with E-state index in [1.54, 1.807) is 24.1 Å². The van der Waals surface area contributed by atoms with Gasteiger partial charge in [-0.25, -0.2) is 0 Å². The van der Waals surface area contributed by atoms with Crippen molar-refractivity contribution in [2.45, 2.75) is 19.4 Å². The molecule has 0 spiro atoms. The van der Waals surface area contributed by atoms with E-state index in [1.807, 2.05) is 19.1 Å². The standard InChI is InChI=1S/C15H23N3O2/c1-12-10-18(8-3-9-20-12)11-15(19)17(2)14-6-4-13(16)5-7-14/h4-7,12H,3,8-11,16H2,1-2H3. The normalized spacial score (nSPS) is 20.4. The number of carbonyl (C=O) groups is 1. The predicted molar refractivity (Wildman–Crippen MR) is 80.7 cm³/mol. The van der Waals surface area contributed by atoms with Crippen molar-refractivity contribution in [3.8, 4) is 0 Å². The minimum absolute atomic E-state index is 0.0869. The zero-order valence-electron chi connectivity index (χ0n) is 12.2. The van der Waals surface area contributed by atoms with E-state index in [0.717, 1.165) is 31.8 Å². The Labute approximate surface area is 120 Å². The van der Waals surface area contributed by atoms with Crippen molar-refractivity contribution in [2.24, 2.45) is 0 Å². The highest BCUT2D eigenvalue weighted by Crippen LogP contribution is 2.15. The Morgan fingerprint density at radius 2 is 2.15 bits per heavy atom. The molecule has 1 aliphatic heterocycles. The third kappa shape index (κ3) is 3.95. The maximum absolute atomic E-state index is 12.3. The lowest BCUT2D eigenvalue weighted by atomic mass is 10.2. The predicted octanol–water partition coefficient (Wildman–Crippen LogP) is 1.34. The SMILES string of the molecule is CC1CN(CC(=O)N(C)c2ccc(N)cc2)CCCO1. The highest BCUT2D eigenvalue weighted by atomic mass is 16.5. The molecule has 5 nitrogen and oxygen atoms in total. The number of ether oxygens (including phenoxy) is 1. The van der Waals surface area contributed by atoms with Gasteiger partial charge in [-0.05, 0) is 37.6 Å². The Hall–Kier alpha value is -1.59. The molecule has 1 atom stereocenters. The molecule has 1 unspecified atom stereocenters. The third-order valence-electron chi connectivity index (χ3n) is 3.55. The van der Waals surface area contributed by atoms with E-state index in [2.05, 4.69) is 4.90 Å². The molecule has 1 aromatic rings. The molecule has 0 aromatic heterocycles. The van der Waals surface area contributed by atoms with Gasteiger partial charge in [-0.2, -0.15) is 0 Å². The smallest absolute Gasteiger partial charge is 0.240 e. The molecule has 110 valence electrons. The van der Waals surface area contributed by atoms with E-state index in [0.29, 0.717) is 12.2 Å². The Morgan fingerprint density at radius 3 is 2.85 bits per heavy atom. The zero-order chi connectivity index (χ0) is 14.5. The molecule has 0 radical (unpaired) electrons. The fourth-order valence-electron chi connectivity index (χ4n) is 2.36. The fourth-order valence-corrected chi connectivity index (χ4v) is 2.36. The molecule has 1 heterocycles. The van der Waals surface area contributed by atoms with Gasteiger partial charge in [0, 0.05) is 38.1 Å². The Kier molecular flexibility index (Phi) is 4.98. The summed E-state index contributed by atoms with van der Waals surface area (Å²) in [5, 5.41) is 0. The molecule has 5 heteroatoms. The first-order valence-corrected chi connectivity index (χ1v) is 7.02. The number of nitrogen functional groups attached to an aromatic ring is 1. The molecule has 2 N–H and O–H groups in total. The maximum Gasteiger partial charge on any atom is 0.240 e. The number of rotatable bonds is 3. The van der Waals surface area contributed by atoms with Gasteiger partial charge in [0.1, 0.15) is 0 Å². The first-order valence-electron chi connectivity index (χ1n) is 7.02. The summed E-state index contributed by atoms with van der Waals surface area (Å²) in [6, 6.07) is 7.34. The van der Waals surface area contributed by atoms with Crippen LogP contribution in [-0.2, 0) is 9.53 Å². The van der Waals surface area contributed by atoms with Gasteiger partial charge in [-0.3, -0.25) is 9.69 Å². The lowest BCUT2D eigenvalue weighted by Crippen LogP contribution is -2.40. The van der Waals surface area contributed by atoms with Crippen LogP contribution >= 0.6 is 0 Å². The molecule has 1 aliphatic rings. The van der Waals surface area contributed by atoms with Crippen LogP contribution in [0.25, 0.3) is 0 Å². The van der Waals surface area contributed by atoms with Crippen LogP contribution in [0.1, 0.15) is 13.3 Å². The monoisotopic (exact) mass is 277 g/mol. The summed E-state index contributed by atoms with van der Waals surface area (Å²) in [5.41, 5.74) is 7.23. The molecule has 1 saturated heterocycles. The van der Waals surface area contributed by atoms with Gasteiger partial charge in [-0.1, -0.05) is 0 Å². The number of amides is 1. The van der Waals surface area contributed by atoms with Gasteiger partial charge in [0.05, 0.1) is 12.6 Å². The van der Waals surface area contributed by atoms with Crippen LogP contribution in [0.15, 0.2) is 24.3 Å². The fraction of sp³-hybridized carbons (Fsp3) is 0.533. The summed E-state index contributed by atoms with van der Waals surface area (Å²) in [4.78, 5) is 16.2. The second-order valence-electron chi connectivity index (χ2n) is 5.31. The quantitative estimate of drug-likeness (QED) is 0.847. The molecular weight excluding hydrogens is 254 g/mol. The molecule has 2 rings (SSSR count). The number of benzene rings is 1. The summed E-state index contributed by atoms with van der Waals surface area (Å²) >= 11 is 0. The van der Waals surface area contributed by atoms with Crippen LogP contribution in [0.4, 0.5) is 11.4 Å². The molecule has 20 heavy (non-hydrogen) atoms. The average molecular weight is 277 g/mol. The van der Waals surface area contributed by atoms with Crippen LogP contribution in [-0.4, -0.2) is 50.2 Å².